The minimum absolute atomic E-state index is 0.130. The fourth-order valence-corrected chi connectivity index (χ4v) is 5.54. The van der Waals surface area contributed by atoms with Crippen molar-refractivity contribution in [2.75, 3.05) is 31.0 Å². The van der Waals surface area contributed by atoms with Gasteiger partial charge in [-0.2, -0.15) is 0 Å². The zero-order chi connectivity index (χ0) is 28.2. The van der Waals surface area contributed by atoms with Crippen molar-refractivity contribution in [2.24, 2.45) is 11.8 Å². The van der Waals surface area contributed by atoms with Crippen LogP contribution in [0.5, 0.6) is 11.5 Å². The molecule has 1 saturated carbocycles. The summed E-state index contributed by atoms with van der Waals surface area (Å²) in [6, 6.07) is 21.1. The second-order valence-corrected chi connectivity index (χ2v) is 9.89. The molecule has 1 aliphatic heterocycles. The Morgan fingerprint density at radius 1 is 0.875 bits per heavy atom. The molecule has 5 rings (SSSR count). The molecule has 0 aromatic heterocycles. The topological polar surface area (TPSA) is 111 Å². The number of amides is 3. The number of nitrogens with one attached hydrogen (secondary N) is 1. The average Bonchev–Trinajstić information content (AvgIpc) is 3.25. The highest BCUT2D eigenvalue weighted by Gasteiger charge is 2.50. The van der Waals surface area contributed by atoms with E-state index in [1.54, 1.807) is 30.3 Å². The van der Waals surface area contributed by atoms with Gasteiger partial charge in [-0.3, -0.25) is 19.3 Å². The summed E-state index contributed by atoms with van der Waals surface area (Å²) in [5.74, 6) is -1.36. The van der Waals surface area contributed by atoms with E-state index in [0.717, 1.165) is 6.42 Å². The molecule has 1 aliphatic carbocycles. The molecule has 0 unspecified atom stereocenters. The second kappa shape index (κ2) is 11.6. The van der Waals surface area contributed by atoms with Crippen molar-refractivity contribution >= 4 is 35.1 Å². The Morgan fingerprint density at radius 3 is 2.40 bits per heavy atom. The van der Waals surface area contributed by atoms with Gasteiger partial charge in [0.2, 0.25) is 11.8 Å². The first-order chi connectivity index (χ1) is 19.4. The number of ether oxygens (including phenoxy) is 3. The second-order valence-electron chi connectivity index (χ2n) is 9.89. The maximum Gasteiger partial charge on any atom is 0.338 e. The van der Waals surface area contributed by atoms with Gasteiger partial charge in [-0.1, -0.05) is 36.4 Å². The van der Waals surface area contributed by atoms with Gasteiger partial charge >= 0.3 is 5.97 Å². The molecule has 1 heterocycles. The number of benzene rings is 3. The van der Waals surface area contributed by atoms with Gasteiger partial charge in [-0.15, -0.1) is 0 Å². The number of methoxy groups -OCH3 is 2. The molecule has 0 bridgehead atoms. The lowest BCUT2D eigenvalue weighted by atomic mass is 9.73. The number of carbonyl (C=O) groups is 4. The van der Waals surface area contributed by atoms with Crippen LogP contribution in [0.3, 0.4) is 0 Å². The van der Waals surface area contributed by atoms with E-state index in [1.807, 2.05) is 18.2 Å². The number of esters is 1. The van der Waals surface area contributed by atoms with Crippen LogP contribution in [0.15, 0.2) is 72.8 Å². The highest BCUT2D eigenvalue weighted by molar-refractivity contribution is 6.22. The van der Waals surface area contributed by atoms with Gasteiger partial charge in [0.15, 0.2) is 6.61 Å². The molecule has 206 valence electrons. The van der Waals surface area contributed by atoms with Crippen molar-refractivity contribution in [3.05, 3.63) is 83.9 Å². The Hall–Kier alpha value is -4.66. The van der Waals surface area contributed by atoms with Crippen LogP contribution in [0.2, 0.25) is 0 Å². The molecular formula is C31H30N2O7. The summed E-state index contributed by atoms with van der Waals surface area (Å²) >= 11 is 0. The summed E-state index contributed by atoms with van der Waals surface area (Å²) in [6.45, 7) is -0.537. The van der Waals surface area contributed by atoms with E-state index < -0.39 is 18.5 Å². The third-order valence-electron chi connectivity index (χ3n) is 7.55. The van der Waals surface area contributed by atoms with E-state index in [1.165, 1.54) is 36.8 Å². The Bertz CT molecular complexity index is 1440. The molecule has 9 heteroatoms. The van der Waals surface area contributed by atoms with Crippen LogP contribution in [0.1, 0.15) is 41.1 Å². The quantitative estimate of drug-likeness (QED) is 0.328. The monoisotopic (exact) mass is 542 g/mol. The minimum Gasteiger partial charge on any atom is -0.497 e. The molecule has 40 heavy (non-hydrogen) atoms. The third kappa shape index (κ3) is 5.40. The van der Waals surface area contributed by atoms with Gasteiger partial charge in [0, 0.05) is 6.07 Å². The van der Waals surface area contributed by atoms with Crippen LogP contribution in [-0.2, 0) is 19.1 Å². The smallest absolute Gasteiger partial charge is 0.338 e. The summed E-state index contributed by atoms with van der Waals surface area (Å²) < 4.78 is 15.6. The molecule has 2 fully saturated rings. The lowest BCUT2D eigenvalue weighted by Crippen LogP contribution is -2.31. The lowest BCUT2D eigenvalue weighted by Gasteiger charge is -2.28. The van der Waals surface area contributed by atoms with Crippen molar-refractivity contribution in [3.8, 4) is 11.5 Å². The molecule has 3 aromatic carbocycles. The third-order valence-corrected chi connectivity index (χ3v) is 7.55. The van der Waals surface area contributed by atoms with Gasteiger partial charge in [0.25, 0.3) is 5.91 Å². The van der Waals surface area contributed by atoms with Crippen LogP contribution < -0.4 is 19.7 Å². The Balaban J connectivity index is 1.23. The van der Waals surface area contributed by atoms with Gasteiger partial charge in [0.1, 0.15) is 11.5 Å². The van der Waals surface area contributed by atoms with Crippen molar-refractivity contribution in [3.63, 3.8) is 0 Å². The normalized spacial score (nSPS) is 20.1. The van der Waals surface area contributed by atoms with Crippen LogP contribution in [-0.4, -0.2) is 44.5 Å². The largest absolute Gasteiger partial charge is 0.497 e. The number of anilines is 2. The van der Waals surface area contributed by atoms with Crippen LogP contribution in [0, 0.1) is 11.8 Å². The minimum atomic E-state index is -0.751. The van der Waals surface area contributed by atoms with Gasteiger partial charge in [0.05, 0.1) is 43.0 Å². The SMILES string of the molecule is COc1ccc(NC(=O)COC(=O)c2cccc(N3C(=O)[C@@H]4CC[C@@H](c5ccccc5)C[C@H]4C3=O)c2)c(OC)c1. The average molecular weight is 543 g/mol. The van der Waals surface area contributed by atoms with E-state index >= 15 is 0 Å². The number of imide groups is 1. The van der Waals surface area contributed by atoms with E-state index in [2.05, 4.69) is 17.4 Å². The maximum atomic E-state index is 13.4. The molecular weight excluding hydrogens is 512 g/mol. The van der Waals surface area contributed by atoms with Gasteiger partial charge in [-0.25, -0.2) is 4.79 Å². The first-order valence-electron chi connectivity index (χ1n) is 13.1. The number of rotatable bonds is 8. The first-order valence-corrected chi connectivity index (χ1v) is 13.1. The number of hydrogen-bond acceptors (Lipinski definition) is 7. The standard InChI is InChI=1S/C31H30N2O7/c1-38-23-12-14-26(27(17-23)39-2)32-28(34)18-40-31(37)21-9-6-10-22(15-21)33-29(35)24-13-11-20(16-25(24)30(33)36)19-7-4-3-5-8-19/h3-10,12,14-15,17,20,24-25H,11,13,16,18H2,1-2H3,(H,32,34)/t20-,24-,25-/m1/s1. The summed E-state index contributed by atoms with van der Waals surface area (Å²) in [4.78, 5) is 53.1. The molecule has 1 N–H and O–H groups in total. The fraction of sp³-hybridized carbons (Fsp3) is 0.290. The summed E-state index contributed by atoms with van der Waals surface area (Å²) in [7, 11) is 2.98. The molecule has 2 aliphatic rings. The van der Waals surface area contributed by atoms with Crippen molar-refractivity contribution in [2.45, 2.75) is 25.2 Å². The number of fused-ring (bicyclic) bond motifs is 1. The van der Waals surface area contributed by atoms with E-state index in [9.17, 15) is 19.2 Å². The molecule has 1 saturated heterocycles. The Labute approximate surface area is 232 Å². The highest BCUT2D eigenvalue weighted by Crippen LogP contribution is 2.45. The molecule has 3 amide bonds. The Morgan fingerprint density at radius 2 is 1.65 bits per heavy atom. The number of carbonyl (C=O) groups excluding carboxylic acids is 4. The lowest BCUT2D eigenvalue weighted by molar-refractivity contribution is -0.122. The first kappa shape index (κ1) is 26.9. The van der Waals surface area contributed by atoms with Crippen molar-refractivity contribution in [1.29, 1.82) is 0 Å². The summed E-state index contributed by atoms with van der Waals surface area (Å²) in [6.07, 6.45) is 2.10. The number of nitrogens with zero attached hydrogens (tertiary/aromatic N) is 1. The fourth-order valence-electron chi connectivity index (χ4n) is 5.54. The molecule has 0 radical (unpaired) electrons. The van der Waals surface area contributed by atoms with E-state index in [4.69, 9.17) is 14.2 Å². The predicted octanol–water partition coefficient (Wildman–Crippen LogP) is 4.57. The maximum absolute atomic E-state index is 13.4. The van der Waals surface area contributed by atoms with Crippen LogP contribution >= 0.6 is 0 Å². The zero-order valence-corrected chi connectivity index (χ0v) is 22.3. The van der Waals surface area contributed by atoms with Crippen molar-refractivity contribution in [1.82, 2.24) is 0 Å². The predicted molar refractivity (Wildman–Crippen MR) is 147 cm³/mol. The molecule has 3 atom stereocenters. The summed E-state index contributed by atoms with van der Waals surface area (Å²) in [5, 5.41) is 2.64. The van der Waals surface area contributed by atoms with E-state index in [-0.39, 0.29) is 35.1 Å². The molecule has 0 spiro atoms. The zero-order valence-electron chi connectivity index (χ0n) is 22.3. The van der Waals surface area contributed by atoms with Crippen LogP contribution in [0.4, 0.5) is 11.4 Å². The Kier molecular flexibility index (Phi) is 7.82. The molecule has 3 aromatic rings. The van der Waals surface area contributed by atoms with Gasteiger partial charge < -0.3 is 19.5 Å². The molecule has 9 nitrogen and oxygen atoms in total. The summed E-state index contributed by atoms with van der Waals surface area (Å²) in [5.41, 5.74) is 2.03. The van der Waals surface area contributed by atoms with E-state index in [0.29, 0.717) is 35.7 Å². The highest BCUT2D eigenvalue weighted by atomic mass is 16.5. The van der Waals surface area contributed by atoms with Crippen LogP contribution in [0.25, 0.3) is 0 Å². The van der Waals surface area contributed by atoms with Gasteiger partial charge in [-0.05, 0) is 61.1 Å². The number of hydrogen-bond donors (Lipinski definition) is 1. The van der Waals surface area contributed by atoms with Crippen molar-refractivity contribution < 1.29 is 33.4 Å².